The molecular formula is C19H15BrN2O4. The Kier molecular flexibility index (Phi) is 5.09. The topological polar surface area (TPSA) is 91.2 Å². The van der Waals surface area contributed by atoms with Crippen molar-refractivity contribution in [2.24, 2.45) is 5.10 Å². The van der Waals surface area contributed by atoms with Gasteiger partial charge in [0.1, 0.15) is 5.75 Å². The minimum absolute atomic E-state index is 0.0187. The molecule has 6 nitrogen and oxygen atoms in total. The number of rotatable bonds is 4. The van der Waals surface area contributed by atoms with E-state index < -0.39 is 5.91 Å². The molecule has 0 aliphatic heterocycles. The fraction of sp³-hybridized carbons (Fsp3) is 0.0526. The summed E-state index contributed by atoms with van der Waals surface area (Å²) in [6.07, 6.45) is 1.41. The summed E-state index contributed by atoms with van der Waals surface area (Å²) in [5.41, 5.74) is 3.11. The molecule has 0 atom stereocenters. The van der Waals surface area contributed by atoms with E-state index in [-0.39, 0.29) is 22.8 Å². The molecule has 0 bridgehead atoms. The van der Waals surface area contributed by atoms with Crippen LogP contribution in [0.4, 0.5) is 0 Å². The summed E-state index contributed by atoms with van der Waals surface area (Å²) < 4.78 is 5.50. The van der Waals surface area contributed by atoms with E-state index in [0.717, 1.165) is 10.8 Å². The van der Waals surface area contributed by atoms with Gasteiger partial charge in [-0.25, -0.2) is 5.43 Å². The molecule has 0 unspecified atom stereocenters. The van der Waals surface area contributed by atoms with Gasteiger partial charge in [-0.1, -0.05) is 24.3 Å². The maximum absolute atomic E-state index is 12.3. The van der Waals surface area contributed by atoms with Gasteiger partial charge in [0.05, 0.1) is 23.4 Å². The number of nitrogens with one attached hydrogen (secondary N) is 1. The number of benzene rings is 3. The number of aromatic hydroxyl groups is 2. The minimum atomic E-state index is -0.533. The summed E-state index contributed by atoms with van der Waals surface area (Å²) in [6.45, 7) is 0. The van der Waals surface area contributed by atoms with Crippen LogP contribution in [0, 0.1) is 0 Å². The Morgan fingerprint density at radius 3 is 2.54 bits per heavy atom. The lowest BCUT2D eigenvalue weighted by Gasteiger charge is -2.07. The first-order valence-corrected chi connectivity index (χ1v) is 8.40. The van der Waals surface area contributed by atoms with Crippen molar-refractivity contribution < 1.29 is 19.7 Å². The van der Waals surface area contributed by atoms with E-state index in [9.17, 15) is 15.0 Å². The number of methoxy groups -OCH3 is 1. The van der Waals surface area contributed by atoms with Gasteiger partial charge in [-0.05, 0) is 56.5 Å². The molecule has 0 aliphatic carbocycles. The molecule has 0 radical (unpaired) electrons. The molecule has 3 aromatic carbocycles. The van der Waals surface area contributed by atoms with Crippen molar-refractivity contribution in [3.8, 4) is 17.2 Å². The van der Waals surface area contributed by atoms with Crippen LogP contribution in [0.1, 0.15) is 15.9 Å². The predicted octanol–water partition coefficient (Wildman–Crippen LogP) is 3.79. The Labute approximate surface area is 157 Å². The number of phenolic OH excluding ortho intramolecular Hbond substituents is 2. The predicted molar refractivity (Wildman–Crippen MR) is 103 cm³/mol. The zero-order valence-electron chi connectivity index (χ0n) is 13.7. The molecule has 132 valence electrons. The van der Waals surface area contributed by atoms with Gasteiger partial charge in [0.25, 0.3) is 5.91 Å². The second-order valence-electron chi connectivity index (χ2n) is 5.47. The lowest BCUT2D eigenvalue weighted by molar-refractivity contribution is 0.0952. The summed E-state index contributed by atoms with van der Waals surface area (Å²) >= 11 is 3.22. The Morgan fingerprint density at radius 2 is 1.85 bits per heavy atom. The van der Waals surface area contributed by atoms with Gasteiger partial charge in [0, 0.05) is 0 Å². The number of carbonyl (C=O) groups is 1. The highest BCUT2D eigenvalue weighted by Gasteiger charge is 2.12. The molecule has 0 spiro atoms. The first-order valence-electron chi connectivity index (χ1n) is 7.61. The number of hydrazone groups is 1. The van der Waals surface area contributed by atoms with Crippen LogP contribution >= 0.6 is 15.9 Å². The van der Waals surface area contributed by atoms with E-state index in [1.165, 1.54) is 19.4 Å². The van der Waals surface area contributed by atoms with E-state index in [4.69, 9.17) is 4.74 Å². The third kappa shape index (κ3) is 3.62. The van der Waals surface area contributed by atoms with E-state index >= 15 is 0 Å². The number of phenols is 2. The molecule has 0 saturated heterocycles. The molecule has 7 heteroatoms. The quantitative estimate of drug-likeness (QED) is 0.447. The van der Waals surface area contributed by atoms with Crippen LogP contribution in [-0.4, -0.2) is 29.4 Å². The van der Waals surface area contributed by atoms with Gasteiger partial charge >= 0.3 is 0 Å². The first kappa shape index (κ1) is 17.8. The van der Waals surface area contributed by atoms with E-state index in [2.05, 4.69) is 26.5 Å². The monoisotopic (exact) mass is 414 g/mol. The van der Waals surface area contributed by atoms with Gasteiger partial charge in [0.2, 0.25) is 0 Å². The highest BCUT2D eigenvalue weighted by atomic mass is 79.9. The Morgan fingerprint density at radius 1 is 1.15 bits per heavy atom. The number of fused-ring (bicyclic) bond motifs is 1. The van der Waals surface area contributed by atoms with Crippen LogP contribution in [0.5, 0.6) is 17.2 Å². The average Bonchev–Trinajstić information content (AvgIpc) is 2.63. The largest absolute Gasteiger partial charge is 0.507 e. The summed E-state index contributed by atoms with van der Waals surface area (Å²) in [5, 5.41) is 25.4. The third-order valence-electron chi connectivity index (χ3n) is 3.76. The van der Waals surface area contributed by atoms with Crippen molar-refractivity contribution in [3.05, 3.63) is 64.1 Å². The second-order valence-corrected chi connectivity index (χ2v) is 6.32. The highest BCUT2D eigenvalue weighted by molar-refractivity contribution is 9.10. The van der Waals surface area contributed by atoms with Crippen LogP contribution in [0.15, 0.2) is 58.1 Å². The van der Waals surface area contributed by atoms with Crippen molar-refractivity contribution in [3.63, 3.8) is 0 Å². The van der Waals surface area contributed by atoms with Gasteiger partial charge in [-0.15, -0.1) is 0 Å². The maximum Gasteiger partial charge on any atom is 0.275 e. The van der Waals surface area contributed by atoms with Crippen LogP contribution < -0.4 is 10.2 Å². The van der Waals surface area contributed by atoms with E-state index in [1.54, 1.807) is 18.2 Å². The van der Waals surface area contributed by atoms with Gasteiger partial charge in [0.15, 0.2) is 11.5 Å². The van der Waals surface area contributed by atoms with E-state index in [0.29, 0.717) is 10.0 Å². The normalized spacial score (nSPS) is 11.0. The zero-order valence-corrected chi connectivity index (χ0v) is 15.3. The number of hydrogen-bond acceptors (Lipinski definition) is 5. The molecule has 0 aliphatic rings. The van der Waals surface area contributed by atoms with Crippen LogP contribution in [0.3, 0.4) is 0 Å². The molecule has 26 heavy (non-hydrogen) atoms. The third-order valence-corrected chi connectivity index (χ3v) is 4.36. The van der Waals surface area contributed by atoms with E-state index in [1.807, 2.05) is 24.3 Å². The van der Waals surface area contributed by atoms with Gasteiger partial charge in [-0.2, -0.15) is 5.10 Å². The summed E-state index contributed by atoms with van der Waals surface area (Å²) in [4.78, 5) is 12.3. The molecule has 3 aromatic rings. The molecule has 0 fully saturated rings. The Balaban J connectivity index is 1.80. The molecular weight excluding hydrogens is 400 g/mol. The van der Waals surface area contributed by atoms with Crippen molar-refractivity contribution >= 4 is 38.8 Å². The second kappa shape index (κ2) is 7.45. The number of hydrogen-bond donors (Lipinski definition) is 3. The number of amides is 1. The van der Waals surface area contributed by atoms with Crippen molar-refractivity contribution in [1.82, 2.24) is 5.43 Å². The fourth-order valence-corrected chi connectivity index (χ4v) is 2.92. The lowest BCUT2D eigenvalue weighted by atomic mass is 10.1. The number of nitrogens with zero attached hydrogens (tertiary/aromatic N) is 1. The SMILES string of the molecule is COc1cc(/C=N\NC(=O)c2cc3ccccc3cc2O)cc(Br)c1O. The van der Waals surface area contributed by atoms with Crippen molar-refractivity contribution in [1.29, 1.82) is 0 Å². The minimum Gasteiger partial charge on any atom is -0.507 e. The maximum atomic E-state index is 12.3. The first-order chi connectivity index (χ1) is 12.5. The molecule has 0 saturated carbocycles. The number of ether oxygens (including phenoxy) is 1. The fourth-order valence-electron chi connectivity index (χ4n) is 2.46. The molecule has 0 aromatic heterocycles. The summed E-state index contributed by atoms with van der Waals surface area (Å²) in [6, 6.07) is 13.8. The van der Waals surface area contributed by atoms with Crippen molar-refractivity contribution in [2.75, 3.05) is 7.11 Å². The Bertz CT molecular complexity index is 1020. The molecule has 0 heterocycles. The van der Waals surface area contributed by atoms with Crippen LogP contribution in [-0.2, 0) is 0 Å². The standard InChI is InChI=1S/C19H15BrN2O4/c1-26-17-7-11(6-15(20)18(17)24)10-21-22-19(25)14-8-12-4-2-3-5-13(12)9-16(14)23/h2-10,23-24H,1H3,(H,22,25)/b21-10-. The van der Waals surface area contributed by atoms with Gasteiger partial charge in [-0.3, -0.25) is 4.79 Å². The lowest BCUT2D eigenvalue weighted by Crippen LogP contribution is -2.17. The molecule has 3 N–H and O–H groups in total. The van der Waals surface area contributed by atoms with Crippen molar-refractivity contribution in [2.45, 2.75) is 0 Å². The average molecular weight is 415 g/mol. The Hall–Kier alpha value is -3.06. The van der Waals surface area contributed by atoms with Crippen LogP contribution in [0.2, 0.25) is 0 Å². The highest BCUT2D eigenvalue weighted by Crippen LogP contribution is 2.34. The van der Waals surface area contributed by atoms with Gasteiger partial charge < -0.3 is 14.9 Å². The number of carbonyl (C=O) groups excluding carboxylic acids is 1. The number of halogens is 1. The smallest absolute Gasteiger partial charge is 0.275 e. The summed E-state index contributed by atoms with van der Waals surface area (Å²) in [5.74, 6) is -0.395. The molecule has 3 rings (SSSR count). The summed E-state index contributed by atoms with van der Waals surface area (Å²) in [7, 11) is 1.44. The zero-order chi connectivity index (χ0) is 18.7. The molecule has 1 amide bonds. The van der Waals surface area contributed by atoms with Crippen LogP contribution in [0.25, 0.3) is 10.8 Å².